The van der Waals surface area contributed by atoms with Gasteiger partial charge in [-0.1, -0.05) is 86.5 Å². The number of hydrogen-bond acceptors (Lipinski definition) is 8. The number of allylic oxidation sites excluding steroid dienone is 1. The van der Waals surface area contributed by atoms with Crippen molar-refractivity contribution in [3.8, 4) is 36.8 Å². The van der Waals surface area contributed by atoms with Gasteiger partial charge in [-0.05, 0) is 70.4 Å². The topological polar surface area (TPSA) is 160 Å². The first-order valence-corrected chi connectivity index (χ1v) is 20.2. The third-order valence-electron chi connectivity index (χ3n) is 7.99. The van der Waals surface area contributed by atoms with Crippen molar-refractivity contribution in [2.75, 3.05) is 20.2 Å². The van der Waals surface area contributed by atoms with Crippen molar-refractivity contribution in [2.24, 2.45) is 0 Å². The van der Waals surface area contributed by atoms with E-state index in [1.807, 2.05) is 18.2 Å². The van der Waals surface area contributed by atoms with E-state index >= 15 is 0 Å². The van der Waals surface area contributed by atoms with Crippen LogP contribution in [0, 0.1) is 25.7 Å². The van der Waals surface area contributed by atoms with Gasteiger partial charge in [0.1, 0.15) is 18.2 Å². The summed E-state index contributed by atoms with van der Waals surface area (Å²) in [7, 11) is -1.69. The van der Waals surface area contributed by atoms with E-state index in [2.05, 4.69) is 98.4 Å². The number of carbonyl (C=O) groups is 4. The van der Waals surface area contributed by atoms with Crippen LogP contribution in [0.4, 0.5) is 4.79 Å². The molecular weight excluding hydrogens is 733 g/mol. The monoisotopic (exact) mass is 794 g/mol. The van der Waals surface area contributed by atoms with E-state index < -0.39 is 27.8 Å². The first-order valence-electron chi connectivity index (χ1n) is 18.7. The highest BCUT2D eigenvalue weighted by Crippen LogP contribution is 2.27. The Morgan fingerprint density at radius 1 is 0.911 bits per heavy atom. The second kappa shape index (κ2) is 28.3. The number of unbranched alkanes of at least 4 members (excludes halogenated alkanes) is 3. The number of rotatable bonds is 13. The summed E-state index contributed by atoms with van der Waals surface area (Å²) in [6.07, 6.45) is 26.3. The van der Waals surface area contributed by atoms with Gasteiger partial charge in [0.05, 0.1) is 11.4 Å². The highest BCUT2D eigenvalue weighted by Gasteiger charge is 2.41. The Bertz CT molecular complexity index is 1540. The molecule has 13 heteroatoms. The molecule has 0 unspecified atom stereocenters. The van der Waals surface area contributed by atoms with Crippen LogP contribution in [-0.4, -0.2) is 86.9 Å². The number of sulfonamides is 1. The molecule has 0 bridgehead atoms. The fourth-order valence-electron chi connectivity index (χ4n) is 4.92. The average Bonchev–Trinajstić information content (AvgIpc) is 4.15. The fourth-order valence-corrected chi connectivity index (χ4v) is 6.01. The second-order valence-electron chi connectivity index (χ2n) is 13.8. The van der Waals surface area contributed by atoms with E-state index in [9.17, 15) is 27.6 Å². The van der Waals surface area contributed by atoms with E-state index in [-0.39, 0.29) is 42.2 Å². The van der Waals surface area contributed by atoms with Crippen molar-refractivity contribution in [1.82, 2.24) is 20.3 Å². The molecule has 308 valence electrons. The number of ether oxygens (including phenoxy) is 2. The lowest BCUT2D eigenvalue weighted by atomic mass is 10.1. The zero-order valence-electron chi connectivity index (χ0n) is 33.7. The molecule has 2 atom stereocenters. The zero-order chi connectivity index (χ0) is 42.6. The summed E-state index contributed by atoms with van der Waals surface area (Å²) < 4.78 is 33.5. The number of amides is 4. The molecule has 2 aliphatic carbocycles. The van der Waals surface area contributed by atoms with Gasteiger partial charge in [0.15, 0.2) is 0 Å². The molecule has 56 heavy (non-hydrogen) atoms. The van der Waals surface area contributed by atoms with Crippen LogP contribution >= 0.6 is 0 Å². The number of terminal acetylenes is 2. The molecule has 4 amide bonds. The average molecular weight is 795 g/mol. The summed E-state index contributed by atoms with van der Waals surface area (Å²) >= 11 is 0. The number of alkyl carbamates (subject to hydrolysis) is 1. The minimum absolute atomic E-state index is 0.150. The highest BCUT2D eigenvalue weighted by atomic mass is 32.2. The number of likely N-dealkylation sites (tertiary alicyclic amines) is 1. The van der Waals surface area contributed by atoms with Crippen LogP contribution in [0.15, 0.2) is 73.3 Å². The number of carbonyl (C=O) groups excluding carboxylic acids is 4. The molecule has 0 spiro atoms. The maximum absolute atomic E-state index is 12.4. The molecule has 12 nitrogen and oxygen atoms in total. The summed E-state index contributed by atoms with van der Waals surface area (Å²) in [6.45, 7) is 11.2. The van der Waals surface area contributed by atoms with Gasteiger partial charge in [-0.2, -0.15) is 0 Å². The van der Waals surface area contributed by atoms with Crippen LogP contribution in [0.3, 0.4) is 0 Å². The Hall–Kier alpha value is -5.11. The Morgan fingerprint density at radius 3 is 1.86 bits per heavy atom. The SMILES string of the molecule is C#C.C#C.C=CCCCCC.CO[C@H]1C[C@@H](C(=O)NC2CC2)N(C(=O)CNC(=O)OC(C)(C)C)C1.O=CNS(=O)(=O)C1CC1.c1ccc(-c2ccccc2)cc1. The number of methoxy groups -OCH3 is 1. The molecule has 1 saturated heterocycles. The first kappa shape index (κ1) is 50.9. The van der Waals surface area contributed by atoms with Crippen molar-refractivity contribution in [2.45, 2.75) is 115 Å². The van der Waals surface area contributed by atoms with Gasteiger partial charge in [-0.3, -0.25) is 19.1 Å². The first-order chi connectivity index (χ1) is 26.7. The fraction of sp³-hybridized carbons (Fsp3) is 0.488. The van der Waals surface area contributed by atoms with Crippen LogP contribution in [0.2, 0.25) is 0 Å². The van der Waals surface area contributed by atoms with Crippen LogP contribution in [0.1, 0.15) is 85.5 Å². The van der Waals surface area contributed by atoms with E-state index in [1.165, 1.54) is 41.7 Å². The van der Waals surface area contributed by atoms with E-state index in [0.717, 1.165) is 12.8 Å². The molecule has 2 saturated carbocycles. The lowest BCUT2D eigenvalue weighted by Crippen LogP contribution is -2.49. The molecule has 3 aliphatic rings. The summed E-state index contributed by atoms with van der Waals surface area (Å²) in [6, 6.07) is 20.5. The largest absolute Gasteiger partial charge is 0.444 e. The number of hydrogen-bond donors (Lipinski definition) is 3. The van der Waals surface area contributed by atoms with Gasteiger partial charge in [0.25, 0.3) is 0 Å². The Morgan fingerprint density at radius 2 is 1.45 bits per heavy atom. The van der Waals surface area contributed by atoms with Crippen LogP contribution in [-0.2, 0) is 33.9 Å². The Kier molecular flexibility index (Phi) is 25.7. The van der Waals surface area contributed by atoms with Crippen LogP contribution < -0.4 is 15.4 Å². The number of nitrogens with one attached hydrogen (secondary N) is 3. The minimum atomic E-state index is -3.26. The van der Waals surface area contributed by atoms with E-state index in [0.29, 0.717) is 25.8 Å². The van der Waals surface area contributed by atoms with Crippen LogP contribution in [0.5, 0.6) is 0 Å². The molecule has 0 aromatic heterocycles. The highest BCUT2D eigenvalue weighted by molar-refractivity contribution is 7.90. The number of benzene rings is 2. The molecule has 0 radical (unpaired) electrons. The molecule has 1 heterocycles. The summed E-state index contributed by atoms with van der Waals surface area (Å²) in [5, 5.41) is 5.05. The summed E-state index contributed by atoms with van der Waals surface area (Å²) in [4.78, 5) is 47.5. The van der Waals surface area contributed by atoms with Crippen molar-refractivity contribution in [3.63, 3.8) is 0 Å². The normalized spacial score (nSPS) is 16.5. The molecule has 3 fully saturated rings. The predicted molar refractivity (Wildman–Crippen MR) is 223 cm³/mol. The van der Waals surface area contributed by atoms with Crippen LogP contribution in [0.25, 0.3) is 11.1 Å². The van der Waals surface area contributed by atoms with Gasteiger partial charge in [0.2, 0.25) is 28.2 Å². The van der Waals surface area contributed by atoms with Gasteiger partial charge < -0.3 is 25.0 Å². The lowest BCUT2D eigenvalue weighted by molar-refractivity contribution is -0.137. The quantitative estimate of drug-likeness (QED) is 0.0931. The number of nitrogens with zero attached hydrogens (tertiary/aromatic N) is 1. The van der Waals surface area contributed by atoms with Gasteiger partial charge in [-0.15, -0.1) is 32.3 Å². The molecule has 2 aromatic carbocycles. The van der Waals surface area contributed by atoms with Crippen molar-refractivity contribution >= 4 is 34.3 Å². The Balaban J connectivity index is 0.000000785. The molecule has 2 aromatic rings. The summed E-state index contributed by atoms with van der Waals surface area (Å²) in [5.41, 5.74) is 1.92. The van der Waals surface area contributed by atoms with E-state index in [4.69, 9.17) is 9.47 Å². The van der Waals surface area contributed by atoms with Gasteiger partial charge >= 0.3 is 6.09 Å². The zero-order valence-corrected chi connectivity index (χ0v) is 34.5. The lowest BCUT2D eigenvalue weighted by Gasteiger charge is -2.24. The van der Waals surface area contributed by atoms with Crippen molar-refractivity contribution in [1.29, 1.82) is 0 Å². The molecular formula is C43H62N4O8S. The van der Waals surface area contributed by atoms with Crippen molar-refractivity contribution < 1.29 is 37.1 Å². The third kappa shape index (κ3) is 22.3. The van der Waals surface area contributed by atoms with Crippen molar-refractivity contribution in [3.05, 3.63) is 73.3 Å². The standard InChI is InChI=1S/C16H27N3O5.C12H10.C7H14.C4H7NO3S.2C2H2/c1-16(2,3)24-15(22)17-8-13(20)19-9-11(23-4)7-12(19)14(21)18-10-5-6-10;1-3-7-11(8-4-1)12-9-5-2-6-10-12;1-3-5-7-6-4-2;6-3-5-9(7,8)4-1-2-4;2*1-2/h10-12H,5-9H2,1-4H3,(H,17,22)(H,18,21);1-10H;3H,1,4-7H2,2H3;3-4H,1-2H2,(H,5,6);2*1-2H/t11-,12-;;;;;/m0...../s1. The summed E-state index contributed by atoms with van der Waals surface area (Å²) in [5.74, 6) is -0.473. The molecule has 1 aliphatic heterocycles. The smallest absolute Gasteiger partial charge is 0.408 e. The maximum Gasteiger partial charge on any atom is 0.408 e. The second-order valence-corrected chi connectivity index (χ2v) is 15.8. The van der Waals surface area contributed by atoms with Gasteiger partial charge in [0, 0.05) is 26.1 Å². The molecule has 5 rings (SSSR count). The van der Waals surface area contributed by atoms with Gasteiger partial charge in [-0.25, -0.2) is 13.2 Å². The van der Waals surface area contributed by atoms with E-state index in [1.54, 1.807) is 32.6 Å². The maximum atomic E-state index is 12.4. The molecule has 3 N–H and O–H groups in total. The predicted octanol–water partition coefficient (Wildman–Crippen LogP) is 6.24. The third-order valence-corrected chi connectivity index (χ3v) is 9.77. The minimum Gasteiger partial charge on any atom is -0.444 e. The Labute approximate surface area is 335 Å².